The van der Waals surface area contributed by atoms with Gasteiger partial charge in [-0.25, -0.2) is 5.06 Å². The zero-order valence-corrected chi connectivity index (χ0v) is 14.7. The largest absolute Gasteiger partial charge is 0.361 e. The highest BCUT2D eigenvalue weighted by Gasteiger charge is 2.38. The third-order valence-corrected chi connectivity index (χ3v) is 4.58. The van der Waals surface area contributed by atoms with E-state index in [0.29, 0.717) is 5.06 Å². The highest BCUT2D eigenvalue weighted by molar-refractivity contribution is 5.96. The Labute approximate surface area is 146 Å². The number of allylic oxidation sites excluding steroid dienone is 2. The predicted molar refractivity (Wildman–Crippen MR) is 95.2 cm³/mol. The maximum Gasteiger partial charge on any atom is 0.268 e. The van der Waals surface area contributed by atoms with Crippen LogP contribution in [0, 0.1) is 0 Å². The Bertz CT molecular complexity index is 849. The quantitative estimate of drug-likeness (QED) is 0.589. The molecule has 1 aromatic carbocycles. The zero-order chi connectivity index (χ0) is 18.1. The number of amides is 2. The van der Waals surface area contributed by atoms with Gasteiger partial charge in [-0.1, -0.05) is 29.8 Å². The van der Waals surface area contributed by atoms with Crippen molar-refractivity contribution < 1.29 is 14.8 Å². The van der Waals surface area contributed by atoms with Gasteiger partial charge in [0.2, 0.25) is 5.91 Å². The lowest BCUT2D eigenvalue weighted by Gasteiger charge is -2.33. The van der Waals surface area contributed by atoms with Gasteiger partial charge in [0.05, 0.1) is 0 Å². The molecule has 0 unspecified atom stereocenters. The molecular formula is C19H23N3O3. The number of aromatic nitrogens is 1. The number of hydrogen-bond acceptors (Lipinski definition) is 3. The number of H-pyrrole nitrogens is 1. The molecule has 2 atom stereocenters. The first-order valence-electron chi connectivity index (χ1n) is 8.42. The van der Waals surface area contributed by atoms with E-state index in [9.17, 15) is 14.8 Å². The van der Waals surface area contributed by atoms with Gasteiger partial charge in [0, 0.05) is 23.5 Å². The van der Waals surface area contributed by atoms with Crippen molar-refractivity contribution in [3.63, 3.8) is 0 Å². The number of benzene rings is 1. The van der Waals surface area contributed by atoms with E-state index < -0.39 is 18.0 Å². The molecule has 1 fully saturated rings. The molecule has 3 N–H and O–H groups in total. The Morgan fingerprint density at radius 3 is 2.76 bits per heavy atom. The molecule has 2 aromatic rings. The van der Waals surface area contributed by atoms with Gasteiger partial charge in [-0.05, 0) is 38.3 Å². The normalized spacial score (nSPS) is 20.7. The van der Waals surface area contributed by atoms with Gasteiger partial charge < -0.3 is 10.3 Å². The Morgan fingerprint density at radius 2 is 2.04 bits per heavy atom. The summed E-state index contributed by atoms with van der Waals surface area (Å²) in [6, 6.07) is 4.43. The number of hydrogen-bond donors (Lipinski definition) is 3. The van der Waals surface area contributed by atoms with Crippen molar-refractivity contribution in [2.45, 2.75) is 45.7 Å². The van der Waals surface area contributed by atoms with Crippen molar-refractivity contribution in [1.29, 1.82) is 0 Å². The van der Waals surface area contributed by atoms with Crippen LogP contribution in [-0.2, 0) is 22.4 Å². The van der Waals surface area contributed by atoms with Crippen LogP contribution in [0.5, 0.6) is 0 Å². The summed E-state index contributed by atoms with van der Waals surface area (Å²) in [5, 5.41) is 14.2. The molecule has 0 radical (unpaired) electrons. The average molecular weight is 341 g/mol. The highest BCUT2D eigenvalue weighted by Crippen LogP contribution is 2.25. The molecule has 6 heteroatoms. The van der Waals surface area contributed by atoms with Crippen LogP contribution in [-0.4, -0.2) is 39.2 Å². The van der Waals surface area contributed by atoms with Crippen LogP contribution in [0.2, 0.25) is 0 Å². The summed E-state index contributed by atoms with van der Waals surface area (Å²) in [7, 11) is 0. The van der Waals surface area contributed by atoms with Gasteiger partial charge in [-0.15, -0.1) is 0 Å². The topological polar surface area (TPSA) is 85.4 Å². The maximum atomic E-state index is 12.2. The number of rotatable bonds is 4. The lowest BCUT2D eigenvalue weighted by molar-refractivity contribution is -0.188. The van der Waals surface area contributed by atoms with Gasteiger partial charge in [0.1, 0.15) is 12.1 Å². The van der Waals surface area contributed by atoms with Gasteiger partial charge in [0.15, 0.2) is 0 Å². The van der Waals surface area contributed by atoms with E-state index in [1.165, 1.54) is 11.1 Å². The van der Waals surface area contributed by atoms with Crippen molar-refractivity contribution in [1.82, 2.24) is 15.4 Å². The number of para-hydroxylation sites is 1. The summed E-state index contributed by atoms with van der Waals surface area (Å²) in [5.41, 5.74) is 4.35. The molecule has 6 nitrogen and oxygen atoms in total. The van der Waals surface area contributed by atoms with E-state index in [4.69, 9.17) is 0 Å². The Morgan fingerprint density at radius 1 is 1.28 bits per heavy atom. The van der Waals surface area contributed by atoms with E-state index in [2.05, 4.69) is 36.3 Å². The second-order valence-electron chi connectivity index (χ2n) is 6.77. The third-order valence-electron chi connectivity index (χ3n) is 4.58. The van der Waals surface area contributed by atoms with Crippen molar-refractivity contribution >= 4 is 22.7 Å². The first kappa shape index (κ1) is 17.2. The van der Waals surface area contributed by atoms with Crippen LogP contribution < -0.4 is 5.32 Å². The van der Waals surface area contributed by atoms with Crippen LogP contribution in [0.25, 0.3) is 10.9 Å². The van der Waals surface area contributed by atoms with Crippen molar-refractivity contribution in [3.05, 3.63) is 47.2 Å². The van der Waals surface area contributed by atoms with Crippen LogP contribution in [0.3, 0.4) is 0 Å². The minimum absolute atomic E-state index is 0.257. The molecule has 25 heavy (non-hydrogen) atoms. The van der Waals surface area contributed by atoms with Gasteiger partial charge in [-0.3, -0.25) is 14.8 Å². The molecule has 0 aliphatic carbocycles. The zero-order valence-electron chi connectivity index (χ0n) is 14.7. The second-order valence-corrected chi connectivity index (χ2v) is 6.77. The molecule has 3 rings (SSSR count). The molecule has 0 spiro atoms. The highest BCUT2D eigenvalue weighted by atomic mass is 16.5. The lowest BCUT2D eigenvalue weighted by atomic mass is 9.99. The van der Waals surface area contributed by atoms with Crippen molar-refractivity contribution in [2.24, 2.45) is 0 Å². The van der Waals surface area contributed by atoms with Crippen LogP contribution >= 0.6 is 0 Å². The van der Waals surface area contributed by atoms with Crippen LogP contribution in [0.4, 0.5) is 0 Å². The van der Waals surface area contributed by atoms with E-state index >= 15 is 0 Å². The second kappa shape index (κ2) is 6.72. The first-order valence-corrected chi connectivity index (χ1v) is 8.42. The number of carbonyl (C=O) groups is 2. The maximum absolute atomic E-state index is 12.2. The summed E-state index contributed by atoms with van der Waals surface area (Å²) in [6.45, 7) is 5.69. The summed E-state index contributed by atoms with van der Waals surface area (Å²) < 4.78 is 0. The van der Waals surface area contributed by atoms with Crippen LogP contribution in [0.15, 0.2) is 36.0 Å². The van der Waals surface area contributed by atoms with Gasteiger partial charge in [0.25, 0.3) is 5.91 Å². The number of fused-ring (bicyclic) bond motifs is 1. The lowest BCUT2D eigenvalue weighted by Crippen LogP contribution is -2.61. The molecule has 1 saturated heterocycles. The predicted octanol–water partition coefficient (Wildman–Crippen LogP) is 2.32. The average Bonchev–Trinajstić information content (AvgIpc) is 2.98. The van der Waals surface area contributed by atoms with Crippen LogP contribution in [0.1, 0.15) is 31.9 Å². The van der Waals surface area contributed by atoms with Gasteiger partial charge in [-0.2, -0.15) is 0 Å². The fourth-order valence-corrected chi connectivity index (χ4v) is 3.15. The fraction of sp³-hybridized carbons (Fsp3) is 0.368. The summed E-state index contributed by atoms with van der Waals surface area (Å²) in [4.78, 5) is 27.4. The summed E-state index contributed by atoms with van der Waals surface area (Å²) >= 11 is 0. The van der Waals surface area contributed by atoms with Gasteiger partial charge >= 0.3 is 0 Å². The Kier molecular flexibility index (Phi) is 4.63. The number of carbonyl (C=O) groups excluding carboxylic acids is 2. The summed E-state index contributed by atoms with van der Waals surface area (Å²) in [6.07, 6.45) is 5.10. The third kappa shape index (κ3) is 3.30. The Hall–Kier alpha value is -2.60. The first-order chi connectivity index (χ1) is 11.9. The number of nitrogens with zero attached hydrogens (tertiary/aromatic N) is 1. The Balaban J connectivity index is 1.90. The van der Waals surface area contributed by atoms with Crippen molar-refractivity contribution in [3.8, 4) is 0 Å². The molecule has 1 aliphatic rings. The molecule has 2 amide bonds. The smallest absolute Gasteiger partial charge is 0.268 e. The van der Waals surface area contributed by atoms with Crippen molar-refractivity contribution in [2.75, 3.05) is 0 Å². The standard InChI is InChI=1S/C19H23N3O3/c1-11(2)7-8-13-5-4-6-15-14(10-20-17(13)15)9-16-18(23)21-12(3)19(24)22(16)25/h4-7,10,12,16,20,25H,8-9H2,1-3H3,(H,21,23)/t12-,16-/m0/s1. The van der Waals surface area contributed by atoms with E-state index in [0.717, 1.165) is 22.9 Å². The molecule has 0 saturated carbocycles. The SMILES string of the molecule is CC(C)=CCc1cccc2c(C[C@H]3C(=O)N[C@@H](C)C(=O)N3O)c[nH]c12. The van der Waals surface area contributed by atoms with E-state index in [-0.39, 0.29) is 12.3 Å². The molecule has 2 heterocycles. The molecule has 0 bridgehead atoms. The molecule has 1 aromatic heterocycles. The minimum atomic E-state index is -0.913. The fourth-order valence-electron chi connectivity index (χ4n) is 3.15. The number of hydroxylamine groups is 2. The van der Waals surface area contributed by atoms with E-state index in [1.807, 2.05) is 18.3 Å². The molecule has 1 aliphatic heterocycles. The molecule has 132 valence electrons. The number of aromatic amines is 1. The minimum Gasteiger partial charge on any atom is -0.361 e. The number of nitrogens with one attached hydrogen (secondary N) is 2. The molecular weight excluding hydrogens is 318 g/mol. The van der Waals surface area contributed by atoms with E-state index in [1.54, 1.807) is 6.92 Å². The summed E-state index contributed by atoms with van der Waals surface area (Å²) in [5.74, 6) is -0.835. The monoisotopic (exact) mass is 341 g/mol. The number of piperazine rings is 1.